The standard InChI is InChI=1S/C21H16F3N3O2.C21H18N2O2/c1-13-2-4-18-16(8-13)17(26-20(28)15-6-7-29-12-15)11-27(18)10-14-3-5-19(25-9-14)21(22,23)24;1-15-6-8-16(9-7-15)12-23-13-19(18-4-2-3-5-20(18)23)22-21(24)17-10-11-25-14-17/h2-9,11-12H,10H2,1H3,(H,26,28);2-11,13-14H,12H2,1H3,(H,22,24). The zero-order valence-electron chi connectivity index (χ0n) is 29.2. The van der Waals surface area contributed by atoms with E-state index in [0.29, 0.717) is 28.9 Å². The normalized spacial score (nSPS) is 11.4. The SMILES string of the molecule is Cc1ccc(Cn2cc(NC(=O)c3ccoc3)c3ccccc32)cc1.Cc1ccc2c(c1)c(NC(=O)c1ccoc1)cn2Cc1ccc(C(F)(F)F)nc1. The lowest BCUT2D eigenvalue weighted by Crippen LogP contribution is -2.10. The van der Waals surface area contributed by atoms with Crippen molar-refractivity contribution in [2.75, 3.05) is 10.6 Å². The average molecular weight is 730 g/mol. The Bertz CT molecular complexity index is 2530. The number of pyridine rings is 1. The van der Waals surface area contributed by atoms with Crippen molar-refractivity contribution in [3.63, 3.8) is 0 Å². The summed E-state index contributed by atoms with van der Waals surface area (Å²) in [4.78, 5) is 28.3. The van der Waals surface area contributed by atoms with E-state index < -0.39 is 11.9 Å². The molecule has 0 saturated carbocycles. The summed E-state index contributed by atoms with van der Waals surface area (Å²) in [7, 11) is 0. The van der Waals surface area contributed by atoms with Gasteiger partial charge < -0.3 is 28.6 Å². The number of aryl methyl sites for hydroxylation is 2. The van der Waals surface area contributed by atoms with Gasteiger partial charge in [0.2, 0.25) is 0 Å². The molecule has 54 heavy (non-hydrogen) atoms. The molecular weight excluding hydrogens is 695 g/mol. The molecule has 5 aromatic heterocycles. The summed E-state index contributed by atoms with van der Waals surface area (Å²) in [6, 6.07) is 27.9. The van der Waals surface area contributed by atoms with Gasteiger partial charge in [-0.15, -0.1) is 0 Å². The lowest BCUT2D eigenvalue weighted by Gasteiger charge is -2.08. The van der Waals surface area contributed by atoms with Gasteiger partial charge in [-0.1, -0.05) is 65.7 Å². The number of nitrogens with zero attached hydrogens (tertiary/aromatic N) is 3. The van der Waals surface area contributed by atoms with Crippen LogP contribution >= 0.6 is 0 Å². The maximum atomic E-state index is 12.7. The van der Waals surface area contributed by atoms with Gasteiger partial charge in [0.25, 0.3) is 11.8 Å². The van der Waals surface area contributed by atoms with Gasteiger partial charge in [-0.3, -0.25) is 14.6 Å². The van der Waals surface area contributed by atoms with Gasteiger partial charge in [-0.05, 0) is 61.4 Å². The van der Waals surface area contributed by atoms with Crippen LogP contribution in [-0.2, 0) is 19.3 Å². The van der Waals surface area contributed by atoms with Crippen LogP contribution in [0.4, 0.5) is 24.5 Å². The highest BCUT2D eigenvalue weighted by molar-refractivity contribution is 6.10. The van der Waals surface area contributed by atoms with E-state index in [9.17, 15) is 22.8 Å². The fourth-order valence-electron chi connectivity index (χ4n) is 6.07. The van der Waals surface area contributed by atoms with Gasteiger partial charge in [0.15, 0.2) is 0 Å². The topological polar surface area (TPSA) is 107 Å². The molecular formula is C42H34F3N5O4. The molecule has 0 unspecified atom stereocenters. The molecule has 8 aromatic rings. The Labute approximate surface area is 307 Å². The summed E-state index contributed by atoms with van der Waals surface area (Å²) in [5.74, 6) is -0.484. The number of anilines is 2. The number of amides is 2. The Kier molecular flexibility index (Phi) is 9.91. The average Bonchev–Trinajstić information content (AvgIpc) is 3.99. The van der Waals surface area contributed by atoms with Crippen molar-refractivity contribution in [3.8, 4) is 0 Å². The number of carbonyl (C=O) groups excluding carboxylic acids is 2. The highest BCUT2D eigenvalue weighted by Gasteiger charge is 2.32. The van der Waals surface area contributed by atoms with E-state index in [1.165, 1.54) is 48.4 Å². The molecule has 0 aliphatic rings. The minimum Gasteiger partial charge on any atom is -0.472 e. The number of furan rings is 2. The molecule has 0 bridgehead atoms. The van der Waals surface area contributed by atoms with E-state index in [4.69, 9.17) is 8.83 Å². The predicted octanol–water partition coefficient (Wildman–Crippen LogP) is 10.1. The van der Waals surface area contributed by atoms with Crippen molar-refractivity contribution in [3.05, 3.63) is 174 Å². The molecule has 0 fully saturated rings. The minimum atomic E-state index is -4.47. The molecule has 0 saturated heterocycles. The number of halogens is 3. The Hall–Kier alpha value is -6.82. The van der Waals surface area contributed by atoms with Gasteiger partial charge in [-0.2, -0.15) is 13.2 Å². The first-order chi connectivity index (χ1) is 26.0. The lowest BCUT2D eigenvalue weighted by atomic mass is 10.1. The monoisotopic (exact) mass is 729 g/mol. The van der Waals surface area contributed by atoms with Crippen molar-refractivity contribution in [2.45, 2.75) is 33.1 Å². The second-order valence-electron chi connectivity index (χ2n) is 12.8. The molecule has 0 atom stereocenters. The molecule has 5 heterocycles. The zero-order chi connectivity index (χ0) is 37.8. The quantitative estimate of drug-likeness (QED) is 0.162. The maximum absolute atomic E-state index is 12.7. The van der Waals surface area contributed by atoms with Gasteiger partial charge >= 0.3 is 6.18 Å². The molecule has 9 nitrogen and oxygen atoms in total. The summed E-state index contributed by atoms with van der Waals surface area (Å²) in [5, 5.41) is 7.70. The number of hydrogen-bond acceptors (Lipinski definition) is 5. The first kappa shape index (κ1) is 35.6. The maximum Gasteiger partial charge on any atom is 0.433 e. The van der Waals surface area contributed by atoms with Crippen molar-refractivity contribution >= 4 is 45.0 Å². The van der Waals surface area contributed by atoms with Crippen LogP contribution in [0.3, 0.4) is 0 Å². The van der Waals surface area contributed by atoms with Crippen LogP contribution in [0.1, 0.15) is 48.7 Å². The van der Waals surface area contributed by atoms with Crippen LogP contribution in [0.25, 0.3) is 21.8 Å². The van der Waals surface area contributed by atoms with Crippen LogP contribution in [0.2, 0.25) is 0 Å². The van der Waals surface area contributed by atoms with Crippen molar-refractivity contribution < 1.29 is 31.6 Å². The molecule has 0 spiro atoms. The van der Waals surface area contributed by atoms with Crippen molar-refractivity contribution in [2.24, 2.45) is 0 Å². The highest BCUT2D eigenvalue weighted by Crippen LogP contribution is 2.31. The summed E-state index contributed by atoms with van der Waals surface area (Å²) in [6.07, 6.45) is 6.21. The predicted molar refractivity (Wildman–Crippen MR) is 201 cm³/mol. The molecule has 8 rings (SSSR count). The summed E-state index contributed by atoms with van der Waals surface area (Å²) >= 11 is 0. The van der Waals surface area contributed by atoms with Crippen molar-refractivity contribution in [1.29, 1.82) is 0 Å². The summed E-state index contributed by atoms with van der Waals surface area (Å²) in [5.41, 5.74) is 7.41. The molecule has 0 radical (unpaired) electrons. The third-order valence-electron chi connectivity index (χ3n) is 8.83. The van der Waals surface area contributed by atoms with E-state index >= 15 is 0 Å². The van der Waals surface area contributed by atoms with E-state index in [0.717, 1.165) is 45.7 Å². The summed E-state index contributed by atoms with van der Waals surface area (Å²) in [6.45, 7) is 5.09. The molecule has 2 amide bonds. The van der Waals surface area contributed by atoms with Crippen LogP contribution in [-0.4, -0.2) is 25.9 Å². The Morgan fingerprint density at radius 2 is 1.22 bits per heavy atom. The number of carbonyl (C=O) groups is 2. The van der Waals surface area contributed by atoms with E-state index in [1.54, 1.807) is 18.3 Å². The van der Waals surface area contributed by atoms with E-state index in [1.807, 2.05) is 54.1 Å². The van der Waals surface area contributed by atoms with E-state index in [-0.39, 0.29) is 11.8 Å². The lowest BCUT2D eigenvalue weighted by molar-refractivity contribution is -0.141. The zero-order valence-corrected chi connectivity index (χ0v) is 29.2. The second-order valence-corrected chi connectivity index (χ2v) is 12.8. The molecule has 272 valence electrons. The van der Waals surface area contributed by atoms with Gasteiger partial charge in [0.1, 0.15) is 18.2 Å². The molecule has 0 aliphatic carbocycles. The smallest absolute Gasteiger partial charge is 0.433 e. The Morgan fingerprint density at radius 3 is 1.80 bits per heavy atom. The highest BCUT2D eigenvalue weighted by atomic mass is 19.4. The molecule has 2 N–H and O–H groups in total. The number of rotatable bonds is 8. The molecule has 3 aromatic carbocycles. The Morgan fingerprint density at radius 1 is 0.667 bits per heavy atom. The second kappa shape index (κ2) is 15.0. The molecule has 12 heteroatoms. The third-order valence-corrected chi connectivity index (χ3v) is 8.83. The summed E-state index contributed by atoms with van der Waals surface area (Å²) < 4.78 is 52.1. The minimum absolute atomic E-state index is 0.174. The largest absolute Gasteiger partial charge is 0.472 e. The number of benzene rings is 3. The number of para-hydroxylation sites is 1. The van der Waals surface area contributed by atoms with Crippen LogP contribution in [0, 0.1) is 13.8 Å². The van der Waals surface area contributed by atoms with Crippen LogP contribution < -0.4 is 10.6 Å². The number of fused-ring (bicyclic) bond motifs is 2. The van der Waals surface area contributed by atoms with E-state index in [2.05, 4.69) is 57.4 Å². The number of nitrogens with one attached hydrogen (secondary N) is 2. The van der Waals surface area contributed by atoms with Crippen LogP contribution in [0.15, 0.2) is 143 Å². The third kappa shape index (κ3) is 7.97. The fourth-order valence-corrected chi connectivity index (χ4v) is 6.07. The number of aromatic nitrogens is 3. The molecule has 0 aliphatic heterocycles. The van der Waals surface area contributed by atoms with Gasteiger partial charge in [0, 0.05) is 42.5 Å². The first-order valence-corrected chi connectivity index (χ1v) is 16.9. The Balaban J connectivity index is 0.000000168. The first-order valence-electron chi connectivity index (χ1n) is 16.9. The van der Waals surface area contributed by atoms with Crippen LogP contribution in [0.5, 0.6) is 0 Å². The number of alkyl halides is 3. The fraction of sp³-hybridized carbons (Fsp3) is 0.119. The van der Waals surface area contributed by atoms with Crippen molar-refractivity contribution in [1.82, 2.24) is 14.1 Å². The number of hydrogen-bond donors (Lipinski definition) is 2. The van der Waals surface area contributed by atoms with Gasteiger partial charge in [0.05, 0.1) is 46.1 Å². The van der Waals surface area contributed by atoms with Gasteiger partial charge in [-0.25, -0.2) is 0 Å².